The van der Waals surface area contributed by atoms with Gasteiger partial charge in [-0.1, -0.05) is 12.1 Å². The van der Waals surface area contributed by atoms with Gasteiger partial charge in [0.1, 0.15) is 17.2 Å². The molecular formula is C13H14FN3. The summed E-state index contributed by atoms with van der Waals surface area (Å²) < 4.78 is 13.6. The highest BCUT2D eigenvalue weighted by Gasteiger charge is 2.16. The predicted octanol–water partition coefficient (Wildman–Crippen LogP) is 1.92. The standard InChI is InChI=1S/C13H14FN3/c14-11-3-1-2-10-8-16-12(17-13(10)11)6-9-4-5-15-7-9/h1-3,8-9,15H,4-7H2. The zero-order chi connectivity index (χ0) is 11.7. The summed E-state index contributed by atoms with van der Waals surface area (Å²) in [7, 11) is 0. The molecule has 3 rings (SSSR count). The lowest BCUT2D eigenvalue weighted by atomic mass is 10.0. The van der Waals surface area contributed by atoms with Crippen molar-refractivity contribution < 1.29 is 4.39 Å². The van der Waals surface area contributed by atoms with E-state index in [4.69, 9.17) is 0 Å². The smallest absolute Gasteiger partial charge is 0.149 e. The molecule has 0 radical (unpaired) electrons. The van der Waals surface area contributed by atoms with Gasteiger partial charge in [0, 0.05) is 18.0 Å². The van der Waals surface area contributed by atoms with Gasteiger partial charge in [-0.3, -0.25) is 0 Å². The number of rotatable bonds is 2. The molecule has 1 aromatic carbocycles. The number of nitrogens with one attached hydrogen (secondary N) is 1. The Bertz CT molecular complexity index is 535. The minimum absolute atomic E-state index is 0.268. The average Bonchev–Trinajstić information content (AvgIpc) is 2.83. The summed E-state index contributed by atoms with van der Waals surface area (Å²) in [4.78, 5) is 8.63. The molecule has 1 aliphatic heterocycles. The van der Waals surface area contributed by atoms with Crippen LogP contribution in [0.15, 0.2) is 24.4 Å². The van der Waals surface area contributed by atoms with Crippen molar-refractivity contribution in [2.75, 3.05) is 13.1 Å². The van der Waals surface area contributed by atoms with Crippen molar-refractivity contribution in [3.63, 3.8) is 0 Å². The summed E-state index contributed by atoms with van der Waals surface area (Å²) in [5.41, 5.74) is 0.434. The Hall–Kier alpha value is -1.55. The van der Waals surface area contributed by atoms with Crippen LogP contribution in [0.4, 0.5) is 4.39 Å². The first-order valence-electron chi connectivity index (χ1n) is 5.94. The minimum atomic E-state index is -0.268. The summed E-state index contributed by atoms with van der Waals surface area (Å²) in [6.45, 7) is 2.07. The van der Waals surface area contributed by atoms with Crippen LogP contribution >= 0.6 is 0 Å². The van der Waals surface area contributed by atoms with Crippen molar-refractivity contribution >= 4 is 10.9 Å². The molecule has 88 valence electrons. The van der Waals surface area contributed by atoms with Crippen molar-refractivity contribution in [3.05, 3.63) is 36.0 Å². The van der Waals surface area contributed by atoms with Gasteiger partial charge in [-0.2, -0.15) is 0 Å². The van der Waals surface area contributed by atoms with Crippen molar-refractivity contribution in [1.29, 1.82) is 0 Å². The van der Waals surface area contributed by atoms with E-state index >= 15 is 0 Å². The first-order chi connectivity index (χ1) is 8.33. The summed E-state index contributed by atoms with van der Waals surface area (Å²) >= 11 is 0. The maximum absolute atomic E-state index is 13.6. The largest absolute Gasteiger partial charge is 0.316 e. The van der Waals surface area contributed by atoms with Crippen LogP contribution in [0.3, 0.4) is 0 Å². The molecule has 0 spiro atoms. The lowest BCUT2D eigenvalue weighted by molar-refractivity contribution is 0.561. The zero-order valence-corrected chi connectivity index (χ0v) is 9.49. The lowest BCUT2D eigenvalue weighted by Gasteiger charge is -2.07. The van der Waals surface area contributed by atoms with Crippen LogP contribution in [0.2, 0.25) is 0 Å². The molecule has 1 unspecified atom stereocenters. The van der Waals surface area contributed by atoms with Gasteiger partial charge in [-0.05, 0) is 31.5 Å². The fraction of sp³-hybridized carbons (Fsp3) is 0.385. The zero-order valence-electron chi connectivity index (χ0n) is 9.49. The topological polar surface area (TPSA) is 37.8 Å². The van der Waals surface area contributed by atoms with Gasteiger partial charge >= 0.3 is 0 Å². The SMILES string of the molecule is Fc1cccc2cnc(CC3CCNC3)nc12. The molecule has 0 saturated carbocycles. The Morgan fingerprint density at radius 3 is 3.18 bits per heavy atom. The molecule has 1 aromatic heterocycles. The molecule has 1 fully saturated rings. The first kappa shape index (κ1) is 10.6. The van der Waals surface area contributed by atoms with E-state index in [-0.39, 0.29) is 5.82 Å². The molecule has 1 atom stereocenters. The number of benzene rings is 1. The quantitative estimate of drug-likeness (QED) is 0.858. The second-order valence-corrected chi connectivity index (χ2v) is 4.53. The highest BCUT2D eigenvalue weighted by molar-refractivity contribution is 5.77. The number of para-hydroxylation sites is 1. The molecule has 1 N–H and O–H groups in total. The van der Waals surface area contributed by atoms with E-state index < -0.39 is 0 Å². The summed E-state index contributed by atoms with van der Waals surface area (Å²) in [5, 5.41) is 4.07. The predicted molar refractivity (Wildman–Crippen MR) is 64.2 cm³/mol. The molecule has 2 heterocycles. The normalized spacial score (nSPS) is 19.9. The third-order valence-corrected chi connectivity index (χ3v) is 3.25. The van der Waals surface area contributed by atoms with Crippen LogP contribution in [0.1, 0.15) is 12.2 Å². The summed E-state index contributed by atoms with van der Waals surface area (Å²) in [6, 6.07) is 4.96. The summed E-state index contributed by atoms with van der Waals surface area (Å²) in [5.74, 6) is 1.06. The molecule has 3 nitrogen and oxygen atoms in total. The van der Waals surface area contributed by atoms with Crippen molar-refractivity contribution in [2.45, 2.75) is 12.8 Å². The third-order valence-electron chi connectivity index (χ3n) is 3.25. The van der Waals surface area contributed by atoms with E-state index in [0.717, 1.165) is 37.1 Å². The van der Waals surface area contributed by atoms with E-state index in [1.54, 1.807) is 12.3 Å². The van der Waals surface area contributed by atoms with Crippen molar-refractivity contribution in [2.24, 2.45) is 5.92 Å². The molecule has 2 aromatic rings. The van der Waals surface area contributed by atoms with Gasteiger partial charge in [0.15, 0.2) is 0 Å². The summed E-state index contributed by atoms with van der Waals surface area (Å²) in [6.07, 6.45) is 3.69. The Labute approximate surface area is 99.1 Å². The molecule has 0 aliphatic carbocycles. The molecular weight excluding hydrogens is 217 g/mol. The second-order valence-electron chi connectivity index (χ2n) is 4.53. The fourth-order valence-corrected chi connectivity index (χ4v) is 2.30. The van der Waals surface area contributed by atoms with Crippen molar-refractivity contribution in [3.8, 4) is 0 Å². The fourth-order valence-electron chi connectivity index (χ4n) is 2.30. The Morgan fingerprint density at radius 2 is 2.35 bits per heavy atom. The van der Waals surface area contributed by atoms with Crippen molar-refractivity contribution in [1.82, 2.24) is 15.3 Å². The van der Waals surface area contributed by atoms with E-state index in [9.17, 15) is 4.39 Å². The van der Waals surface area contributed by atoms with Crippen LogP contribution in [0.5, 0.6) is 0 Å². The monoisotopic (exact) mass is 231 g/mol. The maximum atomic E-state index is 13.6. The number of nitrogens with zero attached hydrogens (tertiary/aromatic N) is 2. The highest BCUT2D eigenvalue weighted by atomic mass is 19.1. The van der Waals surface area contributed by atoms with Gasteiger partial charge in [0.25, 0.3) is 0 Å². The van der Waals surface area contributed by atoms with Gasteiger partial charge in [0.05, 0.1) is 0 Å². The molecule has 1 saturated heterocycles. The van der Waals surface area contributed by atoms with E-state index in [2.05, 4.69) is 15.3 Å². The third kappa shape index (κ3) is 2.13. The minimum Gasteiger partial charge on any atom is -0.316 e. The number of hydrogen-bond donors (Lipinski definition) is 1. The average molecular weight is 231 g/mol. The molecule has 0 bridgehead atoms. The first-order valence-corrected chi connectivity index (χ1v) is 5.94. The number of hydrogen-bond acceptors (Lipinski definition) is 3. The second kappa shape index (κ2) is 4.37. The molecule has 17 heavy (non-hydrogen) atoms. The number of halogens is 1. The Morgan fingerprint density at radius 1 is 1.41 bits per heavy atom. The highest BCUT2D eigenvalue weighted by Crippen LogP contribution is 2.17. The van der Waals surface area contributed by atoms with E-state index in [1.807, 2.05) is 6.07 Å². The van der Waals surface area contributed by atoms with Gasteiger partial charge in [-0.15, -0.1) is 0 Å². The lowest BCUT2D eigenvalue weighted by Crippen LogP contribution is -2.12. The van der Waals surface area contributed by atoms with E-state index in [1.165, 1.54) is 6.07 Å². The van der Waals surface area contributed by atoms with Crippen LogP contribution in [0.25, 0.3) is 10.9 Å². The van der Waals surface area contributed by atoms with Crippen LogP contribution in [0, 0.1) is 11.7 Å². The van der Waals surface area contributed by atoms with Gasteiger partial charge in [-0.25, -0.2) is 14.4 Å². The maximum Gasteiger partial charge on any atom is 0.149 e. The Balaban J connectivity index is 1.92. The van der Waals surface area contributed by atoms with Crippen LogP contribution < -0.4 is 5.32 Å². The van der Waals surface area contributed by atoms with Crippen LogP contribution in [-0.2, 0) is 6.42 Å². The number of aromatic nitrogens is 2. The number of fused-ring (bicyclic) bond motifs is 1. The Kier molecular flexibility index (Phi) is 2.73. The van der Waals surface area contributed by atoms with Crippen LogP contribution in [-0.4, -0.2) is 23.1 Å². The van der Waals surface area contributed by atoms with Gasteiger partial charge < -0.3 is 5.32 Å². The van der Waals surface area contributed by atoms with E-state index in [0.29, 0.717) is 11.4 Å². The molecule has 0 amide bonds. The van der Waals surface area contributed by atoms with Gasteiger partial charge in [0.2, 0.25) is 0 Å². The molecule has 1 aliphatic rings. The molecule has 4 heteroatoms.